The van der Waals surface area contributed by atoms with Crippen LogP contribution in [0.4, 0.5) is 0 Å². The summed E-state index contributed by atoms with van der Waals surface area (Å²) in [6.45, 7) is 9.76. The summed E-state index contributed by atoms with van der Waals surface area (Å²) in [6, 6.07) is 5.77. The van der Waals surface area contributed by atoms with E-state index >= 15 is 0 Å². The maximum Gasteiger partial charge on any atom is 0.263 e. The van der Waals surface area contributed by atoms with Gasteiger partial charge in [-0.05, 0) is 39.3 Å². The number of amides is 2. The van der Waals surface area contributed by atoms with Gasteiger partial charge in [-0.3, -0.25) is 9.59 Å². The van der Waals surface area contributed by atoms with Crippen molar-refractivity contribution < 1.29 is 14.3 Å². The molecule has 1 aromatic carbocycles. The molecule has 1 fully saturated rings. The van der Waals surface area contributed by atoms with Gasteiger partial charge in [0.25, 0.3) is 5.91 Å². The van der Waals surface area contributed by atoms with E-state index in [0.717, 1.165) is 16.9 Å². The molecular formula is C19H29N3O3. The first-order valence-electron chi connectivity index (χ1n) is 8.84. The van der Waals surface area contributed by atoms with E-state index < -0.39 is 6.10 Å². The quantitative estimate of drug-likeness (QED) is 0.875. The molecule has 2 N–H and O–H groups in total. The van der Waals surface area contributed by atoms with Crippen molar-refractivity contribution in [2.24, 2.45) is 5.73 Å². The Balaban J connectivity index is 1.88. The molecule has 6 nitrogen and oxygen atoms in total. The fourth-order valence-corrected chi connectivity index (χ4v) is 3.01. The zero-order valence-corrected chi connectivity index (χ0v) is 15.6. The minimum Gasteiger partial charge on any atom is -0.481 e. The van der Waals surface area contributed by atoms with Crippen LogP contribution in [0.5, 0.6) is 5.75 Å². The number of nitrogens with zero attached hydrogens (tertiary/aromatic N) is 2. The Morgan fingerprint density at radius 1 is 1.12 bits per heavy atom. The zero-order chi connectivity index (χ0) is 18.6. The number of carbonyl (C=O) groups is 2. The Morgan fingerprint density at radius 2 is 1.72 bits per heavy atom. The minimum atomic E-state index is -0.548. The molecule has 1 saturated heterocycles. The number of hydrogen-bond acceptors (Lipinski definition) is 4. The molecule has 25 heavy (non-hydrogen) atoms. The summed E-state index contributed by atoms with van der Waals surface area (Å²) in [7, 11) is 0. The maximum atomic E-state index is 12.6. The third-order valence-corrected chi connectivity index (χ3v) is 4.42. The monoisotopic (exact) mass is 347 g/mol. The van der Waals surface area contributed by atoms with E-state index in [1.165, 1.54) is 0 Å². The van der Waals surface area contributed by atoms with Crippen molar-refractivity contribution in [1.82, 2.24) is 9.80 Å². The van der Waals surface area contributed by atoms with E-state index in [0.29, 0.717) is 32.6 Å². The van der Waals surface area contributed by atoms with Crippen molar-refractivity contribution in [3.63, 3.8) is 0 Å². The molecule has 138 valence electrons. The van der Waals surface area contributed by atoms with Crippen LogP contribution in [0.1, 0.15) is 31.4 Å². The van der Waals surface area contributed by atoms with E-state index in [1.54, 1.807) is 16.7 Å². The molecular weight excluding hydrogens is 318 g/mol. The van der Waals surface area contributed by atoms with Crippen molar-refractivity contribution in [2.45, 2.75) is 46.3 Å². The summed E-state index contributed by atoms with van der Waals surface area (Å²) in [5.74, 6) is 0.748. The average molecular weight is 347 g/mol. The van der Waals surface area contributed by atoms with Crippen LogP contribution in [-0.2, 0) is 9.59 Å². The largest absolute Gasteiger partial charge is 0.481 e. The first kappa shape index (κ1) is 19.2. The van der Waals surface area contributed by atoms with Crippen LogP contribution in [-0.4, -0.2) is 59.9 Å². The third-order valence-electron chi connectivity index (χ3n) is 4.42. The number of hydrogen-bond donors (Lipinski definition) is 1. The first-order chi connectivity index (χ1) is 11.8. The van der Waals surface area contributed by atoms with E-state index in [9.17, 15) is 9.59 Å². The Labute approximate surface area is 149 Å². The fourth-order valence-electron chi connectivity index (χ4n) is 3.01. The van der Waals surface area contributed by atoms with Gasteiger partial charge in [-0.25, -0.2) is 0 Å². The summed E-state index contributed by atoms with van der Waals surface area (Å²) in [5, 5.41) is 0. The number of aryl methyl sites for hydroxylation is 2. The van der Waals surface area contributed by atoms with Gasteiger partial charge >= 0.3 is 0 Å². The molecule has 1 heterocycles. The highest BCUT2D eigenvalue weighted by Gasteiger charge is 2.28. The van der Waals surface area contributed by atoms with E-state index in [4.69, 9.17) is 10.5 Å². The van der Waals surface area contributed by atoms with Crippen molar-refractivity contribution >= 4 is 11.8 Å². The Hall–Kier alpha value is -2.08. The fraction of sp³-hybridized carbons (Fsp3) is 0.579. The van der Waals surface area contributed by atoms with E-state index in [2.05, 4.69) is 0 Å². The lowest BCUT2D eigenvalue weighted by atomic mass is 10.1. The summed E-state index contributed by atoms with van der Waals surface area (Å²) < 4.78 is 5.85. The van der Waals surface area contributed by atoms with E-state index in [-0.39, 0.29) is 17.9 Å². The molecule has 1 aliphatic heterocycles. The van der Waals surface area contributed by atoms with Gasteiger partial charge in [0.15, 0.2) is 6.10 Å². The zero-order valence-electron chi connectivity index (χ0n) is 15.6. The SMILES string of the molecule is Cc1ccc(OC(C)C(=O)N2CCN(C(=O)CC(C)N)CC2)c(C)c1. The summed E-state index contributed by atoms with van der Waals surface area (Å²) in [4.78, 5) is 28.2. The number of benzene rings is 1. The van der Waals surface area contributed by atoms with Crippen LogP contribution in [0.15, 0.2) is 18.2 Å². The predicted molar refractivity (Wildman–Crippen MR) is 97.4 cm³/mol. The van der Waals surface area contributed by atoms with Crippen molar-refractivity contribution in [1.29, 1.82) is 0 Å². The predicted octanol–water partition coefficient (Wildman–Crippen LogP) is 1.48. The molecule has 0 bridgehead atoms. The third kappa shape index (κ3) is 5.19. The van der Waals surface area contributed by atoms with Crippen LogP contribution in [0.25, 0.3) is 0 Å². The van der Waals surface area contributed by atoms with Crippen LogP contribution in [0, 0.1) is 13.8 Å². The molecule has 0 aliphatic carbocycles. The molecule has 0 aromatic heterocycles. The number of carbonyl (C=O) groups excluding carboxylic acids is 2. The number of nitrogens with two attached hydrogens (primary N) is 1. The molecule has 2 unspecified atom stereocenters. The normalized spacial score (nSPS) is 17.2. The molecule has 0 radical (unpaired) electrons. The highest BCUT2D eigenvalue weighted by atomic mass is 16.5. The van der Waals surface area contributed by atoms with Gasteiger partial charge in [0.05, 0.1) is 0 Å². The highest BCUT2D eigenvalue weighted by Crippen LogP contribution is 2.20. The van der Waals surface area contributed by atoms with Gasteiger partial charge in [-0.15, -0.1) is 0 Å². The Bertz CT molecular complexity index is 622. The van der Waals surface area contributed by atoms with Crippen molar-refractivity contribution in [3.05, 3.63) is 29.3 Å². The van der Waals surface area contributed by atoms with Gasteiger partial charge in [0.2, 0.25) is 5.91 Å². The summed E-state index contributed by atoms with van der Waals surface area (Å²) in [6.07, 6.45) is -0.201. The van der Waals surface area contributed by atoms with Crippen molar-refractivity contribution in [3.8, 4) is 5.75 Å². The lowest BCUT2D eigenvalue weighted by Crippen LogP contribution is -2.53. The van der Waals surface area contributed by atoms with Gasteiger partial charge in [0.1, 0.15) is 5.75 Å². The summed E-state index contributed by atoms with van der Waals surface area (Å²) in [5.41, 5.74) is 7.86. The van der Waals surface area contributed by atoms with Crippen molar-refractivity contribution in [2.75, 3.05) is 26.2 Å². The first-order valence-corrected chi connectivity index (χ1v) is 8.84. The standard InChI is InChI=1S/C19H29N3O3/c1-13-5-6-17(14(2)11-13)25-16(4)19(24)22-9-7-21(8-10-22)18(23)12-15(3)20/h5-6,11,15-16H,7-10,12,20H2,1-4H3. The van der Waals surface area contributed by atoms with Gasteiger partial charge < -0.3 is 20.3 Å². The Kier molecular flexibility index (Phi) is 6.42. The van der Waals surface area contributed by atoms with Gasteiger partial charge in [-0.2, -0.15) is 0 Å². The second-order valence-electron chi connectivity index (χ2n) is 6.92. The lowest BCUT2D eigenvalue weighted by molar-refractivity contribution is -0.143. The number of piperazine rings is 1. The second-order valence-corrected chi connectivity index (χ2v) is 6.92. The average Bonchev–Trinajstić information content (AvgIpc) is 2.56. The Morgan fingerprint density at radius 3 is 2.28 bits per heavy atom. The second kappa shape index (κ2) is 8.34. The molecule has 0 saturated carbocycles. The highest BCUT2D eigenvalue weighted by molar-refractivity contribution is 5.82. The smallest absolute Gasteiger partial charge is 0.263 e. The van der Waals surface area contributed by atoms with Gasteiger partial charge in [-0.1, -0.05) is 17.7 Å². The minimum absolute atomic E-state index is 0.0423. The molecule has 2 amide bonds. The molecule has 2 rings (SSSR count). The molecule has 0 spiro atoms. The van der Waals surface area contributed by atoms with Crippen LogP contribution < -0.4 is 10.5 Å². The molecule has 6 heteroatoms. The van der Waals surface area contributed by atoms with Gasteiger partial charge in [0, 0.05) is 38.6 Å². The molecule has 1 aliphatic rings. The van der Waals surface area contributed by atoms with Crippen LogP contribution in [0.2, 0.25) is 0 Å². The topological polar surface area (TPSA) is 75.9 Å². The summed E-state index contributed by atoms with van der Waals surface area (Å²) >= 11 is 0. The lowest BCUT2D eigenvalue weighted by Gasteiger charge is -2.36. The number of rotatable bonds is 5. The maximum absolute atomic E-state index is 12.6. The number of ether oxygens (including phenoxy) is 1. The molecule has 1 aromatic rings. The molecule has 2 atom stereocenters. The van der Waals surface area contributed by atoms with E-state index in [1.807, 2.05) is 39.0 Å². The van der Waals surface area contributed by atoms with Crippen LogP contribution in [0.3, 0.4) is 0 Å². The van der Waals surface area contributed by atoms with Crippen LogP contribution >= 0.6 is 0 Å².